The van der Waals surface area contributed by atoms with Crippen LogP contribution in [-0.4, -0.2) is 20.3 Å². The Bertz CT molecular complexity index is 359. The molecule has 0 N–H and O–H groups in total. The maximum atomic E-state index is 12.4. The quantitative estimate of drug-likeness (QED) is 0.779. The van der Waals surface area contributed by atoms with Crippen molar-refractivity contribution in [3.63, 3.8) is 0 Å². The highest BCUT2D eigenvalue weighted by Crippen LogP contribution is 2.65. The SMILES string of the molecule is COc1ccc(C(C)[P+]2([O-])OCCCO2)cc1. The Kier molecular flexibility index (Phi) is 4.00. The largest absolute Gasteiger partial charge is 0.631 e. The maximum Gasteiger partial charge on any atom is 0.244 e. The molecule has 0 radical (unpaired) electrons. The van der Waals surface area contributed by atoms with E-state index in [0.717, 1.165) is 17.7 Å². The first kappa shape index (κ1) is 12.8. The van der Waals surface area contributed by atoms with E-state index >= 15 is 0 Å². The summed E-state index contributed by atoms with van der Waals surface area (Å²) in [7, 11) is -1.37. The standard InChI is InChI=1S/C12H17O4P/c1-10(17(13)15-8-3-9-16-17)11-4-6-12(14-2)7-5-11/h4-7,10H,3,8-9H2,1-2H3. The van der Waals surface area contributed by atoms with E-state index in [1.165, 1.54) is 0 Å². The Hall–Kier alpha value is -0.670. The maximum absolute atomic E-state index is 12.4. The second-order valence-electron chi connectivity index (χ2n) is 4.01. The molecule has 94 valence electrons. The van der Waals surface area contributed by atoms with E-state index in [9.17, 15) is 4.89 Å². The van der Waals surface area contributed by atoms with E-state index in [1.54, 1.807) is 7.11 Å². The van der Waals surface area contributed by atoms with E-state index in [4.69, 9.17) is 13.8 Å². The second kappa shape index (κ2) is 5.32. The summed E-state index contributed by atoms with van der Waals surface area (Å²) in [4.78, 5) is 12.4. The van der Waals surface area contributed by atoms with Gasteiger partial charge >= 0.3 is 0 Å². The summed E-state index contributed by atoms with van der Waals surface area (Å²) in [5.74, 6) is 0.782. The molecule has 1 aromatic rings. The van der Waals surface area contributed by atoms with Gasteiger partial charge in [0.2, 0.25) is 7.94 Å². The third kappa shape index (κ3) is 2.78. The van der Waals surface area contributed by atoms with Crippen molar-refractivity contribution in [1.29, 1.82) is 0 Å². The molecule has 1 atom stereocenters. The smallest absolute Gasteiger partial charge is 0.244 e. The van der Waals surface area contributed by atoms with Gasteiger partial charge in [0.1, 0.15) is 11.4 Å². The van der Waals surface area contributed by atoms with Crippen molar-refractivity contribution < 1.29 is 18.7 Å². The molecule has 0 bridgehead atoms. The van der Waals surface area contributed by atoms with Crippen LogP contribution in [-0.2, 0) is 9.05 Å². The average molecular weight is 256 g/mol. The number of rotatable bonds is 3. The van der Waals surface area contributed by atoms with Crippen molar-refractivity contribution in [3.8, 4) is 5.75 Å². The first-order chi connectivity index (χ1) is 8.15. The minimum atomic E-state index is -2.99. The summed E-state index contributed by atoms with van der Waals surface area (Å²) in [6.45, 7) is 2.89. The number of methoxy groups -OCH3 is 1. The Labute approximate surface area is 102 Å². The molecule has 1 saturated heterocycles. The van der Waals surface area contributed by atoms with Gasteiger partial charge in [-0.2, -0.15) is 0 Å². The predicted molar refractivity (Wildman–Crippen MR) is 64.9 cm³/mol. The molecule has 0 saturated carbocycles. The second-order valence-corrected chi connectivity index (χ2v) is 6.38. The first-order valence-corrected chi connectivity index (χ1v) is 7.29. The molecule has 0 aliphatic carbocycles. The monoisotopic (exact) mass is 256 g/mol. The topological polar surface area (TPSA) is 50.8 Å². The van der Waals surface area contributed by atoms with Crippen LogP contribution in [0.25, 0.3) is 0 Å². The van der Waals surface area contributed by atoms with Crippen LogP contribution < -0.4 is 9.63 Å². The molecule has 0 amide bonds. The minimum absolute atomic E-state index is 0.242. The summed E-state index contributed by atoms with van der Waals surface area (Å²) >= 11 is 0. The van der Waals surface area contributed by atoms with Gasteiger partial charge in [0, 0.05) is 6.42 Å². The molecule has 5 heteroatoms. The van der Waals surface area contributed by atoms with Crippen molar-refractivity contribution in [2.24, 2.45) is 0 Å². The van der Waals surface area contributed by atoms with Crippen molar-refractivity contribution in [2.45, 2.75) is 19.0 Å². The molecular formula is C12H17O4P. The van der Waals surface area contributed by atoms with Crippen LogP contribution in [0, 0.1) is 0 Å². The van der Waals surface area contributed by atoms with Gasteiger partial charge in [-0.3, -0.25) is 0 Å². The molecule has 17 heavy (non-hydrogen) atoms. The lowest BCUT2D eigenvalue weighted by Gasteiger charge is -2.35. The van der Waals surface area contributed by atoms with Gasteiger partial charge in [-0.05, 0) is 24.6 Å². The van der Waals surface area contributed by atoms with Crippen LogP contribution >= 0.6 is 7.94 Å². The molecule has 1 aromatic carbocycles. The molecule has 4 nitrogen and oxygen atoms in total. The summed E-state index contributed by atoms with van der Waals surface area (Å²) in [6.07, 6.45) is 0.805. The normalized spacial score (nSPS) is 20.9. The zero-order chi connectivity index (χ0) is 12.3. The number of benzene rings is 1. The van der Waals surface area contributed by atoms with Gasteiger partial charge in [0.25, 0.3) is 0 Å². The first-order valence-electron chi connectivity index (χ1n) is 5.68. The molecule has 0 aromatic heterocycles. The molecular weight excluding hydrogens is 239 g/mol. The molecule has 0 spiro atoms. The van der Waals surface area contributed by atoms with Crippen LogP contribution in [0.4, 0.5) is 0 Å². The third-order valence-electron chi connectivity index (χ3n) is 2.90. The molecule has 1 fully saturated rings. The van der Waals surface area contributed by atoms with Crippen LogP contribution in [0.1, 0.15) is 24.6 Å². The molecule has 1 unspecified atom stereocenters. The Morgan fingerprint density at radius 3 is 2.35 bits per heavy atom. The number of hydrogen-bond acceptors (Lipinski definition) is 4. The van der Waals surface area contributed by atoms with E-state index < -0.39 is 7.94 Å². The van der Waals surface area contributed by atoms with Gasteiger partial charge in [-0.1, -0.05) is 12.1 Å². The summed E-state index contributed by atoms with van der Waals surface area (Å²) in [5, 5.41) is 0. The van der Waals surface area contributed by atoms with E-state index in [-0.39, 0.29) is 5.66 Å². The minimum Gasteiger partial charge on any atom is -0.631 e. The highest BCUT2D eigenvalue weighted by atomic mass is 31.2. The Balaban J connectivity index is 2.14. The third-order valence-corrected chi connectivity index (χ3v) is 5.24. The Morgan fingerprint density at radius 1 is 1.24 bits per heavy atom. The predicted octanol–water partition coefficient (Wildman–Crippen LogP) is 2.32. The Morgan fingerprint density at radius 2 is 1.82 bits per heavy atom. The highest BCUT2D eigenvalue weighted by molar-refractivity contribution is 7.59. The zero-order valence-corrected chi connectivity index (χ0v) is 11.0. The van der Waals surface area contributed by atoms with Gasteiger partial charge in [-0.15, -0.1) is 0 Å². The molecule has 2 rings (SSSR count). The summed E-state index contributed by atoms with van der Waals surface area (Å²) < 4.78 is 15.8. The lowest BCUT2D eigenvalue weighted by Crippen LogP contribution is -2.26. The van der Waals surface area contributed by atoms with Crippen molar-refractivity contribution >= 4 is 7.94 Å². The fourth-order valence-electron chi connectivity index (χ4n) is 1.77. The molecule has 1 heterocycles. The number of hydrogen-bond donors (Lipinski definition) is 0. The lowest BCUT2D eigenvalue weighted by atomic mass is 10.1. The van der Waals surface area contributed by atoms with E-state index in [2.05, 4.69) is 0 Å². The highest BCUT2D eigenvalue weighted by Gasteiger charge is 2.41. The number of ether oxygens (including phenoxy) is 1. The van der Waals surface area contributed by atoms with Crippen LogP contribution in [0.5, 0.6) is 5.75 Å². The van der Waals surface area contributed by atoms with Crippen LogP contribution in [0.2, 0.25) is 0 Å². The molecule has 1 aliphatic heterocycles. The zero-order valence-electron chi connectivity index (χ0n) is 10.1. The summed E-state index contributed by atoms with van der Waals surface area (Å²) in [6, 6.07) is 7.48. The lowest BCUT2D eigenvalue weighted by molar-refractivity contribution is -0.227. The summed E-state index contributed by atoms with van der Waals surface area (Å²) in [5.41, 5.74) is 0.699. The van der Waals surface area contributed by atoms with Crippen LogP contribution in [0.3, 0.4) is 0 Å². The van der Waals surface area contributed by atoms with Crippen molar-refractivity contribution in [1.82, 2.24) is 0 Å². The van der Waals surface area contributed by atoms with E-state index in [0.29, 0.717) is 13.2 Å². The van der Waals surface area contributed by atoms with Crippen molar-refractivity contribution in [3.05, 3.63) is 29.8 Å². The fraction of sp³-hybridized carbons (Fsp3) is 0.500. The van der Waals surface area contributed by atoms with Gasteiger partial charge in [0.05, 0.1) is 20.3 Å². The average Bonchev–Trinajstić information content (AvgIpc) is 2.39. The van der Waals surface area contributed by atoms with Crippen LogP contribution in [0.15, 0.2) is 24.3 Å². The fourth-order valence-corrected chi connectivity index (χ4v) is 3.59. The van der Waals surface area contributed by atoms with Gasteiger partial charge in [0.15, 0.2) is 0 Å². The van der Waals surface area contributed by atoms with Crippen molar-refractivity contribution in [2.75, 3.05) is 20.3 Å². The van der Waals surface area contributed by atoms with Gasteiger partial charge in [-0.25, -0.2) is 9.05 Å². The van der Waals surface area contributed by atoms with E-state index in [1.807, 2.05) is 31.2 Å². The van der Waals surface area contributed by atoms with Gasteiger partial charge < -0.3 is 9.63 Å². The molecule has 1 aliphatic rings.